The molecule has 0 radical (unpaired) electrons. The molecule has 18 heavy (non-hydrogen) atoms. The highest BCUT2D eigenvalue weighted by atomic mass is 15.2. The molecule has 2 aromatic heterocycles. The summed E-state index contributed by atoms with van der Waals surface area (Å²) in [4.78, 5) is 12.9. The lowest BCUT2D eigenvalue weighted by Crippen LogP contribution is -2.31. The summed E-state index contributed by atoms with van der Waals surface area (Å²) in [5.41, 5.74) is 0. The van der Waals surface area contributed by atoms with E-state index in [4.69, 9.17) is 0 Å². The molecule has 0 unspecified atom stereocenters. The molecule has 0 aliphatic rings. The molecule has 0 spiro atoms. The Hall–Kier alpha value is -2.10. The summed E-state index contributed by atoms with van der Waals surface area (Å²) in [6.45, 7) is 1.81. The van der Waals surface area contributed by atoms with Crippen molar-refractivity contribution in [2.24, 2.45) is 0 Å². The average Bonchev–Trinajstić information content (AvgIpc) is 2.46. The van der Waals surface area contributed by atoms with Crippen LogP contribution < -0.4 is 9.80 Å². The summed E-state index contributed by atoms with van der Waals surface area (Å²) in [7, 11) is 4.10. The lowest BCUT2D eigenvalue weighted by Gasteiger charge is -2.23. The van der Waals surface area contributed by atoms with Crippen LogP contribution in [0.2, 0.25) is 0 Å². The predicted molar refractivity (Wildman–Crippen MR) is 75.0 cm³/mol. The van der Waals surface area contributed by atoms with Crippen molar-refractivity contribution in [2.75, 3.05) is 37.0 Å². The van der Waals surface area contributed by atoms with Crippen LogP contribution >= 0.6 is 0 Å². The summed E-state index contributed by atoms with van der Waals surface area (Å²) in [5, 5.41) is 0. The van der Waals surface area contributed by atoms with Crippen LogP contribution in [0.4, 0.5) is 11.6 Å². The highest BCUT2D eigenvalue weighted by Gasteiger charge is 2.05. The second kappa shape index (κ2) is 6.00. The quantitative estimate of drug-likeness (QED) is 0.803. The zero-order valence-corrected chi connectivity index (χ0v) is 10.8. The van der Waals surface area contributed by atoms with Crippen LogP contribution in [0.15, 0.2) is 48.8 Å². The lowest BCUT2D eigenvalue weighted by atomic mass is 10.4. The average molecular weight is 242 g/mol. The minimum atomic E-state index is 0.907. The zero-order chi connectivity index (χ0) is 12.8. The van der Waals surface area contributed by atoms with E-state index in [2.05, 4.69) is 33.9 Å². The van der Waals surface area contributed by atoms with Gasteiger partial charge in [0.1, 0.15) is 11.6 Å². The van der Waals surface area contributed by atoms with Gasteiger partial charge < -0.3 is 9.80 Å². The number of aromatic nitrogens is 2. The standard InChI is InChI=1S/C14H18N4/c1-17(13-7-3-5-9-15-13)11-12-18(2)14-8-4-6-10-16-14/h3-10H,11-12H2,1-2H3. The van der Waals surface area contributed by atoms with Gasteiger partial charge in [0.25, 0.3) is 0 Å². The maximum absolute atomic E-state index is 4.32. The van der Waals surface area contributed by atoms with E-state index in [1.165, 1.54) is 0 Å². The van der Waals surface area contributed by atoms with Crippen LogP contribution in [0, 0.1) is 0 Å². The van der Waals surface area contributed by atoms with Gasteiger partial charge in [-0.15, -0.1) is 0 Å². The van der Waals surface area contributed by atoms with E-state index in [0.29, 0.717) is 0 Å². The van der Waals surface area contributed by atoms with Crippen molar-refractivity contribution < 1.29 is 0 Å². The normalized spacial score (nSPS) is 10.1. The Morgan fingerprint density at radius 1 is 0.778 bits per heavy atom. The van der Waals surface area contributed by atoms with E-state index >= 15 is 0 Å². The van der Waals surface area contributed by atoms with Gasteiger partial charge in [-0.2, -0.15) is 0 Å². The Bertz CT molecular complexity index is 412. The number of anilines is 2. The van der Waals surface area contributed by atoms with Gasteiger partial charge in [0.2, 0.25) is 0 Å². The van der Waals surface area contributed by atoms with Gasteiger partial charge in [0, 0.05) is 39.6 Å². The first kappa shape index (κ1) is 12.4. The van der Waals surface area contributed by atoms with E-state index in [-0.39, 0.29) is 0 Å². The van der Waals surface area contributed by atoms with E-state index in [1.54, 1.807) is 0 Å². The molecule has 0 saturated carbocycles. The molecule has 0 fully saturated rings. The van der Waals surface area contributed by atoms with Gasteiger partial charge in [0.05, 0.1) is 0 Å². The minimum Gasteiger partial charge on any atom is -0.358 e. The van der Waals surface area contributed by atoms with Crippen LogP contribution in [0.25, 0.3) is 0 Å². The van der Waals surface area contributed by atoms with Crippen LogP contribution in [-0.2, 0) is 0 Å². The molecule has 2 rings (SSSR count). The third kappa shape index (κ3) is 3.20. The number of rotatable bonds is 5. The second-order valence-corrected chi connectivity index (χ2v) is 4.22. The molecule has 0 aromatic carbocycles. The predicted octanol–water partition coefficient (Wildman–Crippen LogP) is 2.05. The Kier molecular flexibility index (Phi) is 4.12. The topological polar surface area (TPSA) is 32.3 Å². The smallest absolute Gasteiger partial charge is 0.128 e. The number of pyridine rings is 2. The van der Waals surface area contributed by atoms with Gasteiger partial charge in [-0.3, -0.25) is 0 Å². The molecule has 0 aliphatic carbocycles. The van der Waals surface area contributed by atoms with Crippen molar-refractivity contribution in [3.05, 3.63) is 48.8 Å². The molecule has 94 valence electrons. The van der Waals surface area contributed by atoms with Crippen molar-refractivity contribution in [1.29, 1.82) is 0 Å². The molecule has 0 amide bonds. The molecule has 0 aliphatic heterocycles. The van der Waals surface area contributed by atoms with Gasteiger partial charge >= 0.3 is 0 Å². The van der Waals surface area contributed by atoms with E-state index < -0.39 is 0 Å². The molecule has 2 heterocycles. The summed E-state index contributed by atoms with van der Waals surface area (Å²) in [6.07, 6.45) is 3.63. The lowest BCUT2D eigenvalue weighted by molar-refractivity contribution is 0.813. The highest BCUT2D eigenvalue weighted by molar-refractivity contribution is 5.39. The molecule has 0 saturated heterocycles. The van der Waals surface area contributed by atoms with Crippen molar-refractivity contribution in [1.82, 2.24) is 9.97 Å². The largest absolute Gasteiger partial charge is 0.358 e. The van der Waals surface area contributed by atoms with Gasteiger partial charge in [-0.25, -0.2) is 9.97 Å². The summed E-state index contributed by atoms with van der Waals surface area (Å²) >= 11 is 0. The van der Waals surface area contributed by atoms with Crippen LogP contribution in [0.3, 0.4) is 0 Å². The van der Waals surface area contributed by atoms with E-state index in [1.807, 2.05) is 48.8 Å². The van der Waals surface area contributed by atoms with Crippen molar-refractivity contribution in [3.63, 3.8) is 0 Å². The summed E-state index contributed by atoms with van der Waals surface area (Å²) in [6, 6.07) is 11.9. The first-order chi connectivity index (χ1) is 8.77. The fourth-order valence-electron chi connectivity index (χ4n) is 1.69. The Morgan fingerprint density at radius 2 is 1.22 bits per heavy atom. The first-order valence-electron chi connectivity index (χ1n) is 6.02. The van der Waals surface area contributed by atoms with Crippen molar-refractivity contribution in [3.8, 4) is 0 Å². The number of likely N-dealkylation sites (N-methyl/N-ethyl adjacent to an activating group) is 2. The van der Waals surface area contributed by atoms with E-state index in [9.17, 15) is 0 Å². The van der Waals surface area contributed by atoms with Crippen LogP contribution in [0.1, 0.15) is 0 Å². The number of hydrogen-bond acceptors (Lipinski definition) is 4. The number of nitrogens with zero attached hydrogens (tertiary/aromatic N) is 4. The molecule has 0 bridgehead atoms. The minimum absolute atomic E-state index is 0.907. The van der Waals surface area contributed by atoms with Gasteiger partial charge in [0.15, 0.2) is 0 Å². The maximum Gasteiger partial charge on any atom is 0.128 e. The summed E-state index contributed by atoms with van der Waals surface area (Å²) in [5.74, 6) is 1.99. The third-order valence-corrected chi connectivity index (χ3v) is 2.85. The number of hydrogen-bond donors (Lipinski definition) is 0. The van der Waals surface area contributed by atoms with Crippen molar-refractivity contribution in [2.45, 2.75) is 0 Å². The van der Waals surface area contributed by atoms with Crippen LogP contribution in [-0.4, -0.2) is 37.2 Å². The van der Waals surface area contributed by atoms with Crippen LogP contribution in [0.5, 0.6) is 0 Å². The Morgan fingerprint density at radius 3 is 1.56 bits per heavy atom. The molecule has 2 aromatic rings. The first-order valence-corrected chi connectivity index (χ1v) is 6.02. The monoisotopic (exact) mass is 242 g/mol. The molecule has 0 atom stereocenters. The fourth-order valence-corrected chi connectivity index (χ4v) is 1.69. The molecular formula is C14H18N4. The highest BCUT2D eigenvalue weighted by Crippen LogP contribution is 2.09. The zero-order valence-electron chi connectivity index (χ0n) is 10.8. The SMILES string of the molecule is CN(CCN(C)c1ccccn1)c1ccccn1. The molecule has 4 heteroatoms. The third-order valence-electron chi connectivity index (χ3n) is 2.85. The maximum atomic E-state index is 4.32. The Balaban J connectivity index is 1.89. The molecular weight excluding hydrogens is 224 g/mol. The summed E-state index contributed by atoms with van der Waals surface area (Å²) < 4.78 is 0. The van der Waals surface area contributed by atoms with Gasteiger partial charge in [-0.1, -0.05) is 12.1 Å². The van der Waals surface area contributed by atoms with E-state index in [0.717, 1.165) is 24.7 Å². The molecule has 0 N–H and O–H groups in total. The van der Waals surface area contributed by atoms with Crippen molar-refractivity contribution >= 4 is 11.6 Å². The Labute approximate surface area is 108 Å². The second-order valence-electron chi connectivity index (χ2n) is 4.22. The van der Waals surface area contributed by atoms with Gasteiger partial charge in [-0.05, 0) is 24.3 Å². The fraction of sp³-hybridized carbons (Fsp3) is 0.286. The molecule has 4 nitrogen and oxygen atoms in total.